The lowest BCUT2D eigenvalue weighted by molar-refractivity contribution is -0.114. The van der Waals surface area contributed by atoms with Crippen molar-refractivity contribution in [3.8, 4) is 0 Å². The van der Waals surface area contributed by atoms with E-state index in [2.05, 4.69) is 19.2 Å². The van der Waals surface area contributed by atoms with E-state index in [1.54, 1.807) is 0 Å². The Kier molecular flexibility index (Phi) is 6.77. The topological polar surface area (TPSA) is 55.1 Å². The lowest BCUT2D eigenvalue weighted by Gasteiger charge is -2.13. The molecule has 0 saturated carbocycles. The average molecular weight is 243 g/mol. The second-order valence-electron chi connectivity index (χ2n) is 3.41. The van der Waals surface area contributed by atoms with Crippen molar-refractivity contribution in [1.29, 1.82) is 0 Å². The van der Waals surface area contributed by atoms with Gasteiger partial charge in [-0.05, 0) is 24.0 Å². The van der Waals surface area contributed by atoms with Crippen LogP contribution in [0.5, 0.6) is 0 Å². The Labute approximate surface area is 103 Å². The third kappa shape index (κ3) is 3.51. The van der Waals surface area contributed by atoms with Gasteiger partial charge in [0.15, 0.2) is 0 Å². The number of carbonyl (C=O) groups is 1. The molecule has 3 nitrogen and oxygen atoms in total. The van der Waals surface area contributed by atoms with Crippen LogP contribution < -0.4 is 11.1 Å². The lowest BCUT2D eigenvalue weighted by atomic mass is 10.0. The maximum Gasteiger partial charge on any atom is 0.238 e. The first-order chi connectivity index (χ1) is 7.22. The number of amides is 1. The van der Waals surface area contributed by atoms with Gasteiger partial charge in [-0.1, -0.05) is 32.0 Å². The smallest absolute Gasteiger partial charge is 0.238 e. The van der Waals surface area contributed by atoms with Gasteiger partial charge < -0.3 is 11.1 Å². The van der Waals surface area contributed by atoms with Gasteiger partial charge in [0.25, 0.3) is 0 Å². The number of hydrogen-bond acceptors (Lipinski definition) is 2. The van der Waals surface area contributed by atoms with Gasteiger partial charge in [0.05, 0.1) is 6.54 Å². The van der Waals surface area contributed by atoms with Crippen molar-refractivity contribution >= 4 is 24.0 Å². The standard InChI is InChI=1S/C12H18N2O.ClH/c1-3-9-6-5-7-10(4-2)12(9)14-11(15)8-13;/h5-7H,3-4,8,13H2,1-2H3,(H,14,15);1H. The minimum Gasteiger partial charge on any atom is -0.324 e. The normalized spacial score (nSPS) is 9.44. The number of halogens is 1. The van der Waals surface area contributed by atoms with Crippen LogP contribution in [0.2, 0.25) is 0 Å². The SMILES string of the molecule is CCc1cccc(CC)c1NC(=O)CN.Cl. The maximum atomic E-state index is 11.3. The van der Waals surface area contributed by atoms with Crippen molar-refractivity contribution in [2.45, 2.75) is 26.7 Å². The van der Waals surface area contributed by atoms with E-state index in [-0.39, 0.29) is 24.9 Å². The van der Waals surface area contributed by atoms with Gasteiger partial charge in [-0.25, -0.2) is 0 Å². The first-order valence-corrected chi connectivity index (χ1v) is 5.33. The summed E-state index contributed by atoms with van der Waals surface area (Å²) in [4.78, 5) is 11.3. The van der Waals surface area contributed by atoms with E-state index >= 15 is 0 Å². The second kappa shape index (κ2) is 7.25. The highest BCUT2D eigenvalue weighted by Crippen LogP contribution is 2.22. The molecule has 4 heteroatoms. The van der Waals surface area contributed by atoms with Crippen molar-refractivity contribution in [2.24, 2.45) is 5.73 Å². The molecule has 0 fully saturated rings. The van der Waals surface area contributed by atoms with E-state index in [4.69, 9.17) is 5.73 Å². The molecule has 1 aromatic rings. The molecule has 0 aliphatic rings. The molecule has 0 unspecified atom stereocenters. The highest BCUT2D eigenvalue weighted by atomic mass is 35.5. The molecule has 16 heavy (non-hydrogen) atoms. The third-order valence-electron chi connectivity index (χ3n) is 2.45. The van der Waals surface area contributed by atoms with E-state index in [0.29, 0.717) is 0 Å². The molecule has 90 valence electrons. The van der Waals surface area contributed by atoms with Crippen LogP contribution in [0.25, 0.3) is 0 Å². The molecular weight excluding hydrogens is 224 g/mol. The van der Waals surface area contributed by atoms with Crippen molar-refractivity contribution in [2.75, 3.05) is 11.9 Å². The number of aryl methyl sites for hydroxylation is 2. The number of para-hydroxylation sites is 1. The Morgan fingerprint density at radius 2 is 1.75 bits per heavy atom. The van der Waals surface area contributed by atoms with Crippen molar-refractivity contribution in [3.05, 3.63) is 29.3 Å². The van der Waals surface area contributed by atoms with Gasteiger partial charge in [0.1, 0.15) is 0 Å². The Morgan fingerprint density at radius 3 is 2.12 bits per heavy atom. The molecule has 0 spiro atoms. The van der Waals surface area contributed by atoms with E-state index < -0.39 is 0 Å². The van der Waals surface area contributed by atoms with Gasteiger partial charge in [-0.3, -0.25) is 4.79 Å². The minimum atomic E-state index is -0.134. The van der Waals surface area contributed by atoms with E-state index in [1.165, 1.54) is 0 Å². The molecule has 0 bridgehead atoms. The molecule has 0 saturated heterocycles. The molecule has 0 aliphatic heterocycles. The molecule has 1 amide bonds. The highest BCUT2D eigenvalue weighted by Gasteiger charge is 2.08. The van der Waals surface area contributed by atoms with Crippen molar-refractivity contribution in [3.63, 3.8) is 0 Å². The van der Waals surface area contributed by atoms with Crippen molar-refractivity contribution in [1.82, 2.24) is 0 Å². The van der Waals surface area contributed by atoms with Crippen LogP contribution in [0.15, 0.2) is 18.2 Å². The largest absolute Gasteiger partial charge is 0.324 e. The Balaban J connectivity index is 0.00000225. The van der Waals surface area contributed by atoms with Crippen LogP contribution in [-0.2, 0) is 17.6 Å². The van der Waals surface area contributed by atoms with Crippen molar-refractivity contribution < 1.29 is 4.79 Å². The fourth-order valence-electron chi connectivity index (χ4n) is 1.59. The first kappa shape index (κ1) is 14.9. The quantitative estimate of drug-likeness (QED) is 0.850. The fourth-order valence-corrected chi connectivity index (χ4v) is 1.59. The minimum absolute atomic E-state index is 0. The highest BCUT2D eigenvalue weighted by molar-refractivity contribution is 5.93. The van der Waals surface area contributed by atoms with Gasteiger partial charge in [-0.15, -0.1) is 12.4 Å². The molecular formula is C12H19ClN2O. The zero-order chi connectivity index (χ0) is 11.3. The zero-order valence-electron chi connectivity index (χ0n) is 9.75. The Hall–Kier alpha value is -1.06. The number of nitrogens with two attached hydrogens (primary N) is 1. The van der Waals surface area contributed by atoms with Gasteiger partial charge in [0, 0.05) is 5.69 Å². The fraction of sp³-hybridized carbons (Fsp3) is 0.417. The molecule has 0 atom stereocenters. The molecule has 1 aromatic carbocycles. The summed E-state index contributed by atoms with van der Waals surface area (Å²) in [5.41, 5.74) is 8.56. The number of benzene rings is 1. The molecule has 0 radical (unpaired) electrons. The van der Waals surface area contributed by atoms with Gasteiger partial charge in [0.2, 0.25) is 5.91 Å². The monoisotopic (exact) mass is 242 g/mol. The molecule has 1 rings (SSSR count). The average Bonchev–Trinajstić information content (AvgIpc) is 2.29. The maximum absolute atomic E-state index is 11.3. The predicted molar refractivity (Wildman–Crippen MR) is 70.1 cm³/mol. The van der Waals surface area contributed by atoms with Crippen LogP contribution in [0.1, 0.15) is 25.0 Å². The Bertz CT molecular complexity index is 331. The molecule has 0 aromatic heterocycles. The van der Waals surface area contributed by atoms with Gasteiger partial charge >= 0.3 is 0 Å². The van der Waals surface area contributed by atoms with E-state index in [1.807, 2.05) is 18.2 Å². The number of anilines is 1. The third-order valence-corrected chi connectivity index (χ3v) is 2.45. The molecule has 0 aliphatic carbocycles. The van der Waals surface area contributed by atoms with Crippen LogP contribution in [-0.4, -0.2) is 12.5 Å². The number of rotatable bonds is 4. The van der Waals surface area contributed by atoms with Crippen LogP contribution in [0.3, 0.4) is 0 Å². The number of carbonyl (C=O) groups excluding carboxylic acids is 1. The molecule has 0 heterocycles. The van der Waals surface area contributed by atoms with Crippen LogP contribution in [0, 0.1) is 0 Å². The summed E-state index contributed by atoms with van der Waals surface area (Å²) < 4.78 is 0. The van der Waals surface area contributed by atoms with Gasteiger partial charge in [-0.2, -0.15) is 0 Å². The lowest BCUT2D eigenvalue weighted by Crippen LogP contribution is -2.23. The second-order valence-corrected chi connectivity index (χ2v) is 3.41. The van der Waals surface area contributed by atoms with Crippen LogP contribution >= 0.6 is 12.4 Å². The summed E-state index contributed by atoms with van der Waals surface area (Å²) in [5, 5.41) is 2.87. The summed E-state index contributed by atoms with van der Waals surface area (Å²) in [7, 11) is 0. The summed E-state index contributed by atoms with van der Waals surface area (Å²) in [6.45, 7) is 4.18. The number of nitrogens with one attached hydrogen (secondary N) is 1. The predicted octanol–water partition coefficient (Wildman–Crippen LogP) is 2.13. The first-order valence-electron chi connectivity index (χ1n) is 5.33. The number of hydrogen-bond donors (Lipinski definition) is 2. The Morgan fingerprint density at radius 1 is 1.25 bits per heavy atom. The summed E-state index contributed by atoms with van der Waals surface area (Å²) in [6, 6.07) is 6.09. The summed E-state index contributed by atoms with van der Waals surface area (Å²) >= 11 is 0. The zero-order valence-corrected chi connectivity index (χ0v) is 10.6. The van der Waals surface area contributed by atoms with E-state index in [9.17, 15) is 4.79 Å². The summed E-state index contributed by atoms with van der Waals surface area (Å²) in [5.74, 6) is -0.134. The molecule has 3 N–H and O–H groups in total. The summed E-state index contributed by atoms with van der Waals surface area (Å²) in [6.07, 6.45) is 1.82. The van der Waals surface area contributed by atoms with Crippen LogP contribution in [0.4, 0.5) is 5.69 Å². The van der Waals surface area contributed by atoms with E-state index in [0.717, 1.165) is 29.7 Å².